The van der Waals surface area contributed by atoms with Gasteiger partial charge in [0.2, 0.25) is 0 Å². The first-order valence-corrected chi connectivity index (χ1v) is 7.52. The van der Waals surface area contributed by atoms with Crippen molar-refractivity contribution in [1.82, 2.24) is 5.32 Å². The summed E-state index contributed by atoms with van der Waals surface area (Å²) < 4.78 is 15.4. The summed E-state index contributed by atoms with van der Waals surface area (Å²) in [6.45, 7) is 7.27. The van der Waals surface area contributed by atoms with Gasteiger partial charge >= 0.3 is 11.9 Å². The summed E-state index contributed by atoms with van der Waals surface area (Å²) in [5.41, 5.74) is 0.117. The van der Waals surface area contributed by atoms with E-state index in [1.54, 1.807) is 59.1 Å². The Hall–Kier alpha value is -2.08. The van der Waals surface area contributed by atoms with Gasteiger partial charge in [0.1, 0.15) is 17.4 Å². The Labute approximate surface area is 137 Å². The number of nitrogens with one attached hydrogen (secondary N) is 1. The quantitative estimate of drug-likeness (QED) is 0.776. The normalized spacial score (nSPS) is 12.4. The van der Waals surface area contributed by atoms with Gasteiger partial charge < -0.3 is 14.2 Å². The Morgan fingerprint density at radius 3 is 2.26 bits per heavy atom. The molecular weight excluding hydrogens is 298 g/mol. The average molecular weight is 323 g/mol. The van der Waals surface area contributed by atoms with Gasteiger partial charge in [-0.25, -0.2) is 4.79 Å². The number of ether oxygens (including phenoxy) is 3. The minimum Gasteiger partial charge on any atom is -0.497 e. The number of hydrogen-bond donors (Lipinski definition) is 1. The lowest BCUT2D eigenvalue weighted by Gasteiger charge is -2.21. The van der Waals surface area contributed by atoms with Crippen LogP contribution in [0.15, 0.2) is 24.3 Å². The van der Waals surface area contributed by atoms with E-state index in [2.05, 4.69) is 5.32 Å². The molecule has 0 saturated heterocycles. The summed E-state index contributed by atoms with van der Waals surface area (Å²) in [7, 11) is 1.57. The lowest BCUT2D eigenvalue weighted by Crippen LogP contribution is -2.37. The molecule has 0 spiro atoms. The van der Waals surface area contributed by atoms with Crippen molar-refractivity contribution >= 4 is 11.9 Å². The Balaban J connectivity index is 2.80. The fourth-order valence-electron chi connectivity index (χ4n) is 1.92. The van der Waals surface area contributed by atoms with Crippen LogP contribution in [-0.4, -0.2) is 37.8 Å². The van der Waals surface area contributed by atoms with E-state index in [0.717, 1.165) is 0 Å². The van der Waals surface area contributed by atoms with Crippen molar-refractivity contribution in [2.75, 3.05) is 20.3 Å². The lowest BCUT2D eigenvalue weighted by atomic mass is 10.1. The van der Waals surface area contributed by atoms with Gasteiger partial charge in [0.15, 0.2) is 0 Å². The number of hydrogen-bond acceptors (Lipinski definition) is 6. The first kappa shape index (κ1) is 19.0. The maximum atomic E-state index is 12.1. The van der Waals surface area contributed by atoms with Crippen LogP contribution in [0.4, 0.5) is 0 Å². The van der Waals surface area contributed by atoms with Crippen molar-refractivity contribution in [1.29, 1.82) is 0 Å². The summed E-state index contributed by atoms with van der Waals surface area (Å²) in [5.74, 6) is -0.190. The molecule has 0 aromatic heterocycles. The van der Waals surface area contributed by atoms with E-state index in [1.807, 2.05) is 0 Å². The summed E-state index contributed by atoms with van der Waals surface area (Å²) in [5, 5.41) is 2.89. The molecule has 1 unspecified atom stereocenters. The van der Waals surface area contributed by atoms with E-state index < -0.39 is 23.6 Å². The maximum Gasteiger partial charge on any atom is 0.327 e. The van der Waals surface area contributed by atoms with E-state index in [-0.39, 0.29) is 13.2 Å². The highest BCUT2D eigenvalue weighted by Crippen LogP contribution is 2.19. The molecule has 128 valence electrons. The van der Waals surface area contributed by atoms with Gasteiger partial charge in [-0.15, -0.1) is 0 Å². The number of methoxy groups -OCH3 is 1. The molecule has 0 saturated carbocycles. The maximum absolute atomic E-state index is 12.1. The van der Waals surface area contributed by atoms with Crippen LogP contribution in [0.25, 0.3) is 0 Å². The molecule has 0 heterocycles. The predicted molar refractivity (Wildman–Crippen MR) is 86.2 cm³/mol. The Morgan fingerprint density at radius 2 is 1.78 bits per heavy atom. The molecule has 1 N–H and O–H groups in total. The Kier molecular flexibility index (Phi) is 7.03. The van der Waals surface area contributed by atoms with Crippen LogP contribution < -0.4 is 10.1 Å². The summed E-state index contributed by atoms with van der Waals surface area (Å²) in [6.07, 6.45) is 0. The third-order valence-corrected chi connectivity index (χ3v) is 2.84. The summed E-state index contributed by atoms with van der Waals surface area (Å²) in [6, 6.07) is 6.26. The molecule has 1 atom stereocenters. The van der Waals surface area contributed by atoms with E-state index in [4.69, 9.17) is 14.2 Å². The van der Waals surface area contributed by atoms with Crippen LogP contribution >= 0.6 is 0 Å². The molecule has 6 heteroatoms. The van der Waals surface area contributed by atoms with E-state index in [0.29, 0.717) is 11.3 Å². The summed E-state index contributed by atoms with van der Waals surface area (Å²) >= 11 is 0. The molecule has 0 aliphatic carbocycles. The SMILES string of the molecule is CCOC(=O)C(NCC(=O)OC(C)(C)C)c1ccc(OC)cc1. The molecule has 6 nitrogen and oxygen atoms in total. The topological polar surface area (TPSA) is 73.9 Å². The van der Waals surface area contributed by atoms with Crippen molar-refractivity contribution < 1.29 is 23.8 Å². The second-order valence-corrected chi connectivity index (χ2v) is 5.93. The number of carbonyl (C=O) groups excluding carboxylic acids is 2. The zero-order valence-corrected chi connectivity index (χ0v) is 14.3. The minimum atomic E-state index is -0.742. The standard InChI is InChI=1S/C17H25NO5/c1-6-22-16(20)15(12-7-9-13(21-5)10-8-12)18-11-14(19)23-17(2,3)4/h7-10,15,18H,6,11H2,1-5H3. The third kappa shape index (κ3) is 6.69. The molecule has 1 aromatic carbocycles. The highest BCUT2D eigenvalue weighted by Gasteiger charge is 2.24. The van der Waals surface area contributed by atoms with Gasteiger partial charge in [0.05, 0.1) is 20.3 Å². The second-order valence-electron chi connectivity index (χ2n) is 5.93. The molecule has 1 aromatic rings. The van der Waals surface area contributed by atoms with Crippen molar-refractivity contribution in [3.63, 3.8) is 0 Å². The van der Waals surface area contributed by atoms with Crippen LogP contribution in [0.3, 0.4) is 0 Å². The fraction of sp³-hybridized carbons (Fsp3) is 0.529. The average Bonchev–Trinajstić information content (AvgIpc) is 2.46. The van der Waals surface area contributed by atoms with Crippen LogP contribution in [0.2, 0.25) is 0 Å². The van der Waals surface area contributed by atoms with Gasteiger partial charge in [0.25, 0.3) is 0 Å². The van der Waals surface area contributed by atoms with Crippen LogP contribution in [0, 0.1) is 0 Å². The molecule has 0 radical (unpaired) electrons. The van der Waals surface area contributed by atoms with Crippen molar-refractivity contribution in [3.05, 3.63) is 29.8 Å². The van der Waals surface area contributed by atoms with Gasteiger partial charge in [0, 0.05) is 0 Å². The second kappa shape index (κ2) is 8.53. The smallest absolute Gasteiger partial charge is 0.327 e. The first-order valence-electron chi connectivity index (χ1n) is 7.52. The van der Waals surface area contributed by atoms with E-state index in [1.165, 1.54) is 0 Å². The molecule has 0 bridgehead atoms. The summed E-state index contributed by atoms with van der Waals surface area (Å²) in [4.78, 5) is 23.9. The largest absolute Gasteiger partial charge is 0.497 e. The number of carbonyl (C=O) groups is 2. The number of esters is 2. The molecular formula is C17H25NO5. The van der Waals surface area contributed by atoms with Gasteiger partial charge in [-0.3, -0.25) is 10.1 Å². The minimum absolute atomic E-state index is 0.0905. The van der Waals surface area contributed by atoms with Gasteiger partial charge in [-0.1, -0.05) is 12.1 Å². The van der Waals surface area contributed by atoms with Gasteiger partial charge in [-0.05, 0) is 45.4 Å². The molecule has 0 fully saturated rings. The Bertz CT molecular complexity index is 519. The molecule has 23 heavy (non-hydrogen) atoms. The number of rotatable bonds is 7. The lowest BCUT2D eigenvalue weighted by molar-refractivity contribution is -0.154. The zero-order valence-electron chi connectivity index (χ0n) is 14.3. The van der Waals surface area contributed by atoms with Crippen molar-refractivity contribution in [2.24, 2.45) is 0 Å². The number of benzene rings is 1. The first-order chi connectivity index (χ1) is 10.8. The highest BCUT2D eigenvalue weighted by atomic mass is 16.6. The monoisotopic (exact) mass is 323 g/mol. The van der Waals surface area contributed by atoms with Crippen molar-refractivity contribution in [3.8, 4) is 5.75 Å². The van der Waals surface area contributed by atoms with Crippen molar-refractivity contribution in [2.45, 2.75) is 39.3 Å². The van der Waals surface area contributed by atoms with Crippen LogP contribution in [0.5, 0.6) is 5.75 Å². The Morgan fingerprint density at radius 1 is 1.17 bits per heavy atom. The predicted octanol–water partition coefficient (Wildman–Crippen LogP) is 2.23. The van der Waals surface area contributed by atoms with Crippen LogP contribution in [0.1, 0.15) is 39.3 Å². The van der Waals surface area contributed by atoms with E-state index >= 15 is 0 Å². The molecule has 0 amide bonds. The molecule has 1 rings (SSSR count). The third-order valence-electron chi connectivity index (χ3n) is 2.84. The highest BCUT2D eigenvalue weighted by molar-refractivity contribution is 5.79. The van der Waals surface area contributed by atoms with Crippen LogP contribution in [-0.2, 0) is 19.1 Å². The zero-order chi connectivity index (χ0) is 17.5. The molecule has 0 aliphatic rings. The van der Waals surface area contributed by atoms with E-state index in [9.17, 15) is 9.59 Å². The van der Waals surface area contributed by atoms with Gasteiger partial charge in [-0.2, -0.15) is 0 Å². The molecule has 0 aliphatic heterocycles. The fourth-order valence-corrected chi connectivity index (χ4v) is 1.92.